The van der Waals surface area contributed by atoms with Crippen molar-refractivity contribution in [2.75, 3.05) is 19.8 Å². The molecule has 9 heteroatoms. The number of carbonyl (C=O) groups excluding carboxylic acids is 1. The van der Waals surface area contributed by atoms with E-state index in [-0.39, 0.29) is 31.7 Å². The molecule has 1 fully saturated rings. The van der Waals surface area contributed by atoms with Crippen LogP contribution < -0.4 is 0 Å². The van der Waals surface area contributed by atoms with Crippen LogP contribution >= 0.6 is 7.82 Å². The first-order valence-corrected chi connectivity index (χ1v) is 12.9. The summed E-state index contributed by atoms with van der Waals surface area (Å²) < 4.78 is 41.8. The second-order valence-corrected chi connectivity index (χ2v) is 9.73. The van der Waals surface area contributed by atoms with Crippen LogP contribution in [0.4, 0.5) is 0 Å². The Kier molecular flexibility index (Phi) is 11.3. The third-order valence-electron chi connectivity index (χ3n) is 5.67. The number of phosphoric acid groups is 1. The van der Waals surface area contributed by atoms with Crippen LogP contribution in [0.5, 0.6) is 0 Å². The third kappa shape index (κ3) is 7.65. The van der Waals surface area contributed by atoms with Gasteiger partial charge in [0.2, 0.25) is 6.29 Å². The van der Waals surface area contributed by atoms with E-state index in [1.165, 1.54) is 0 Å². The lowest BCUT2D eigenvalue weighted by atomic mass is 9.83. The number of phosphoric ester groups is 1. The lowest BCUT2D eigenvalue weighted by Crippen LogP contribution is -2.52. The molecular weight excluding hydrogens is 435 g/mol. The van der Waals surface area contributed by atoms with E-state index in [0.29, 0.717) is 18.4 Å². The molecule has 2 rings (SSSR count). The van der Waals surface area contributed by atoms with E-state index in [1.54, 1.807) is 30.3 Å². The van der Waals surface area contributed by atoms with Crippen molar-refractivity contribution in [3.05, 3.63) is 35.9 Å². The minimum Gasteiger partial charge on any atom is -0.453 e. The Labute approximate surface area is 191 Å². The molecule has 32 heavy (non-hydrogen) atoms. The average molecular weight is 473 g/mol. The molecule has 0 spiro atoms. The number of benzene rings is 1. The number of hydrogen-bond acceptors (Lipinski definition) is 8. The first kappa shape index (κ1) is 27.0. The monoisotopic (exact) mass is 472 g/mol. The normalized spacial score (nSPS) is 26.1. The Balaban J connectivity index is 2.23. The number of ether oxygens (including phenoxy) is 2. The van der Waals surface area contributed by atoms with Crippen LogP contribution in [0.1, 0.15) is 63.7 Å². The Morgan fingerprint density at radius 2 is 1.62 bits per heavy atom. The van der Waals surface area contributed by atoms with Crippen molar-refractivity contribution in [3.8, 4) is 0 Å². The van der Waals surface area contributed by atoms with Gasteiger partial charge in [-0.15, -0.1) is 0 Å². The molecule has 0 amide bonds. The van der Waals surface area contributed by atoms with E-state index < -0.39 is 32.3 Å². The third-order valence-corrected chi connectivity index (χ3v) is 7.13. The molecule has 1 N–H and O–H groups in total. The Hall–Kier alpha value is -1.28. The summed E-state index contributed by atoms with van der Waals surface area (Å²) in [6.45, 7) is 7.93. The van der Waals surface area contributed by atoms with Gasteiger partial charge in [-0.25, -0.2) is 9.36 Å². The highest BCUT2D eigenvalue weighted by Gasteiger charge is 2.47. The standard InChI is InChI=1S/C23H37O8P/c1-5-7-14-27-32(26,28-15-8-6-2)31-23-21(18(4)17(3)20(16-24)29-23)30-22(25)19-12-10-9-11-13-19/h9-13,17-18,20-21,23-24H,5-8,14-16H2,1-4H3/t17-,18-,20?,21?,23+/m0/s1. The molecule has 0 aliphatic carbocycles. The van der Waals surface area contributed by atoms with E-state index in [4.69, 9.17) is 23.0 Å². The van der Waals surface area contributed by atoms with Gasteiger partial charge >= 0.3 is 13.8 Å². The van der Waals surface area contributed by atoms with Crippen LogP contribution in [0.25, 0.3) is 0 Å². The van der Waals surface area contributed by atoms with Crippen molar-refractivity contribution in [1.29, 1.82) is 0 Å². The van der Waals surface area contributed by atoms with Gasteiger partial charge in [0.25, 0.3) is 0 Å². The second-order valence-electron chi connectivity index (χ2n) is 8.11. The molecule has 0 radical (unpaired) electrons. The topological polar surface area (TPSA) is 101 Å². The predicted octanol–water partition coefficient (Wildman–Crippen LogP) is 4.96. The zero-order valence-corrected chi connectivity index (χ0v) is 20.4. The van der Waals surface area contributed by atoms with Crippen molar-refractivity contribution in [2.45, 2.75) is 71.9 Å². The van der Waals surface area contributed by atoms with Gasteiger partial charge < -0.3 is 14.6 Å². The average Bonchev–Trinajstić information content (AvgIpc) is 2.79. The first-order chi connectivity index (χ1) is 15.3. The van der Waals surface area contributed by atoms with Crippen molar-refractivity contribution in [3.63, 3.8) is 0 Å². The molecule has 182 valence electrons. The van der Waals surface area contributed by atoms with E-state index in [1.807, 2.05) is 27.7 Å². The van der Waals surface area contributed by atoms with Crippen LogP contribution in [0.3, 0.4) is 0 Å². The SMILES string of the molecule is CCCCOP(=O)(OCCCC)O[C@H]1OC(CO)[C@@H](C)[C@H](C)C1OC(=O)c1ccccc1. The van der Waals surface area contributed by atoms with Gasteiger partial charge in [-0.1, -0.05) is 58.7 Å². The highest BCUT2D eigenvalue weighted by Crippen LogP contribution is 2.53. The van der Waals surface area contributed by atoms with Gasteiger partial charge in [-0.05, 0) is 30.9 Å². The maximum atomic E-state index is 13.4. The maximum absolute atomic E-state index is 13.4. The molecule has 1 aliphatic rings. The fourth-order valence-electron chi connectivity index (χ4n) is 3.35. The van der Waals surface area contributed by atoms with Crippen molar-refractivity contribution in [2.24, 2.45) is 11.8 Å². The number of esters is 1. The predicted molar refractivity (Wildman–Crippen MR) is 120 cm³/mol. The summed E-state index contributed by atoms with van der Waals surface area (Å²) in [6, 6.07) is 8.60. The molecule has 2 unspecified atom stereocenters. The van der Waals surface area contributed by atoms with Crippen LogP contribution in [-0.2, 0) is 27.6 Å². The molecular formula is C23H37O8P. The smallest absolute Gasteiger partial charge is 0.453 e. The van der Waals surface area contributed by atoms with Gasteiger partial charge in [0.1, 0.15) is 0 Å². The molecule has 0 bridgehead atoms. The molecule has 1 saturated heterocycles. The second kappa shape index (κ2) is 13.4. The van der Waals surface area contributed by atoms with Crippen molar-refractivity contribution < 1.29 is 37.5 Å². The highest BCUT2D eigenvalue weighted by atomic mass is 31.2. The van der Waals surface area contributed by atoms with E-state index >= 15 is 0 Å². The van der Waals surface area contributed by atoms with Crippen LogP contribution in [0, 0.1) is 11.8 Å². The first-order valence-electron chi connectivity index (χ1n) is 11.4. The number of aliphatic hydroxyl groups excluding tert-OH is 1. The number of hydrogen-bond donors (Lipinski definition) is 1. The fourth-order valence-corrected chi connectivity index (χ4v) is 4.67. The van der Waals surface area contributed by atoms with Gasteiger partial charge in [0.15, 0.2) is 6.10 Å². The minimum atomic E-state index is -3.98. The summed E-state index contributed by atoms with van der Waals surface area (Å²) in [6.07, 6.45) is 0.449. The molecule has 8 nitrogen and oxygen atoms in total. The van der Waals surface area contributed by atoms with E-state index in [9.17, 15) is 14.5 Å². The van der Waals surface area contributed by atoms with Gasteiger partial charge in [-0.3, -0.25) is 13.6 Å². The Bertz CT molecular complexity index is 714. The molecule has 1 aromatic rings. The van der Waals surface area contributed by atoms with E-state index in [2.05, 4.69) is 0 Å². The fraction of sp³-hybridized carbons (Fsp3) is 0.696. The Morgan fingerprint density at radius 3 is 2.16 bits per heavy atom. The summed E-state index contributed by atoms with van der Waals surface area (Å²) >= 11 is 0. The van der Waals surface area contributed by atoms with Crippen molar-refractivity contribution in [1.82, 2.24) is 0 Å². The molecule has 0 aromatic heterocycles. The van der Waals surface area contributed by atoms with Crippen molar-refractivity contribution >= 4 is 13.8 Å². The summed E-state index contributed by atoms with van der Waals surface area (Å²) in [5, 5.41) is 9.77. The number of aliphatic hydroxyl groups is 1. The quantitative estimate of drug-likeness (QED) is 0.244. The number of rotatable bonds is 13. The maximum Gasteiger partial charge on any atom is 0.477 e. The van der Waals surface area contributed by atoms with Crippen LogP contribution in [0.15, 0.2) is 30.3 Å². The highest BCUT2D eigenvalue weighted by molar-refractivity contribution is 7.48. The Morgan fingerprint density at radius 1 is 1.03 bits per heavy atom. The summed E-state index contributed by atoms with van der Waals surface area (Å²) in [4.78, 5) is 12.7. The lowest BCUT2D eigenvalue weighted by molar-refractivity contribution is -0.249. The van der Waals surface area contributed by atoms with Gasteiger partial charge in [0, 0.05) is 5.92 Å². The number of unbranched alkanes of at least 4 members (excludes halogenated alkanes) is 2. The summed E-state index contributed by atoms with van der Waals surface area (Å²) in [5.74, 6) is -0.906. The summed E-state index contributed by atoms with van der Waals surface area (Å²) in [5.41, 5.74) is 0.386. The largest absolute Gasteiger partial charge is 0.477 e. The molecule has 1 aliphatic heterocycles. The molecule has 1 aromatic carbocycles. The zero-order valence-electron chi connectivity index (χ0n) is 19.5. The van der Waals surface area contributed by atoms with Crippen LogP contribution in [0.2, 0.25) is 0 Å². The van der Waals surface area contributed by atoms with Crippen LogP contribution in [-0.4, -0.2) is 49.4 Å². The van der Waals surface area contributed by atoms with E-state index in [0.717, 1.165) is 12.8 Å². The van der Waals surface area contributed by atoms with Gasteiger partial charge in [-0.2, -0.15) is 0 Å². The van der Waals surface area contributed by atoms with Gasteiger partial charge in [0.05, 0.1) is 31.5 Å². The summed E-state index contributed by atoms with van der Waals surface area (Å²) in [7, 11) is -3.98. The minimum absolute atomic E-state index is 0.130. The zero-order chi connectivity index (χ0) is 23.6. The molecule has 1 heterocycles. The number of carbonyl (C=O) groups is 1. The molecule has 5 atom stereocenters. The molecule has 0 saturated carbocycles. The lowest BCUT2D eigenvalue weighted by Gasteiger charge is -2.43.